The Morgan fingerprint density at radius 2 is 1.95 bits per heavy atom. The highest BCUT2D eigenvalue weighted by Crippen LogP contribution is 2.24. The lowest BCUT2D eigenvalue weighted by atomic mass is 10.2. The molecule has 2 aromatic carbocycles. The van der Waals surface area contributed by atoms with E-state index >= 15 is 0 Å². The first-order valence-corrected chi connectivity index (χ1v) is 6.65. The van der Waals surface area contributed by atoms with E-state index in [0.717, 1.165) is 18.2 Å². The highest BCUT2D eigenvalue weighted by Gasteiger charge is 2.10. The molecule has 20 heavy (non-hydrogen) atoms. The zero-order valence-electron chi connectivity index (χ0n) is 10.1. The third kappa shape index (κ3) is 3.44. The van der Waals surface area contributed by atoms with Gasteiger partial charge >= 0.3 is 5.97 Å². The number of hydrogen-bond acceptors (Lipinski definition) is 2. The molecule has 0 bridgehead atoms. The standard InChI is InChI=1S/C14H9F2IO3/c15-10-2-3-11(16)9(5-10)7-20-13-6-8(14(18)19)1-4-12(13)17/h1-6H,7H2,(H,18,19). The lowest BCUT2D eigenvalue weighted by Gasteiger charge is -2.10. The second kappa shape index (κ2) is 6.17. The lowest BCUT2D eigenvalue weighted by Crippen LogP contribution is -2.02. The van der Waals surface area contributed by atoms with Crippen LogP contribution in [0.1, 0.15) is 15.9 Å². The van der Waals surface area contributed by atoms with Gasteiger partial charge in [-0.05, 0) is 59.0 Å². The molecular weight excluding hydrogens is 381 g/mol. The minimum atomic E-state index is -1.08. The zero-order valence-corrected chi connectivity index (χ0v) is 12.2. The maximum absolute atomic E-state index is 13.4. The Morgan fingerprint density at radius 3 is 2.65 bits per heavy atom. The molecule has 104 valence electrons. The fourth-order valence-electron chi connectivity index (χ4n) is 1.56. The monoisotopic (exact) mass is 390 g/mol. The predicted molar refractivity (Wildman–Crippen MR) is 76.8 cm³/mol. The maximum Gasteiger partial charge on any atom is 0.335 e. The van der Waals surface area contributed by atoms with Crippen molar-refractivity contribution >= 4 is 28.6 Å². The number of ether oxygens (including phenoxy) is 1. The number of carboxylic acids is 1. The van der Waals surface area contributed by atoms with Crippen molar-refractivity contribution in [3.63, 3.8) is 0 Å². The molecular formula is C14H9F2IO3. The normalized spacial score (nSPS) is 10.3. The highest BCUT2D eigenvalue weighted by atomic mass is 127. The topological polar surface area (TPSA) is 46.5 Å². The lowest BCUT2D eigenvalue weighted by molar-refractivity contribution is 0.0696. The smallest absolute Gasteiger partial charge is 0.335 e. The molecule has 0 unspecified atom stereocenters. The number of hydrogen-bond donors (Lipinski definition) is 1. The van der Waals surface area contributed by atoms with Crippen LogP contribution in [0.2, 0.25) is 0 Å². The SMILES string of the molecule is O=C(O)c1ccc(I)c(OCc2cc(F)ccc2F)c1. The minimum absolute atomic E-state index is 0.0696. The molecule has 0 heterocycles. The van der Waals surface area contributed by atoms with E-state index in [1.807, 2.05) is 22.6 Å². The number of carbonyl (C=O) groups is 1. The van der Waals surface area contributed by atoms with Crippen molar-refractivity contribution in [3.05, 3.63) is 62.7 Å². The van der Waals surface area contributed by atoms with E-state index < -0.39 is 17.6 Å². The molecule has 2 rings (SSSR count). The van der Waals surface area contributed by atoms with Crippen molar-refractivity contribution in [2.24, 2.45) is 0 Å². The van der Waals surface area contributed by atoms with Crippen molar-refractivity contribution in [2.45, 2.75) is 6.61 Å². The molecule has 2 aromatic rings. The fraction of sp³-hybridized carbons (Fsp3) is 0.0714. The van der Waals surface area contributed by atoms with Gasteiger partial charge in [-0.25, -0.2) is 13.6 Å². The summed E-state index contributed by atoms with van der Waals surface area (Å²) >= 11 is 1.97. The largest absolute Gasteiger partial charge is 0.488 e. The van der Waals surface area contributed by atoms with Gasteiger partial charge in [0.2, 0.25) is 0 Å². The Bertz CT molecular complexity index is 659. The van der Waals surface area contributed by atoms with E-state index in [1.54, 1.807) is 6.07 Å². The molecule has 0 amide bonds. The third-order valence-electron chi connectivity index (χ3n) is 2.57. The van der Waals surface area contributed by atoms with Crippen LogP contribution in [0.15, 0.2) is 36.4 Å². The Balaban J connectivity index is 2.20. The summed E-state index contributed by atoms with van der Waals surface area (Å²) in [4.78, 5) is 10.9. The first-order valence-electron chi connectivity index (χ1n) is 5.57. The summed E-state index contributed by atoms with van der Waals surface area (Å²) in [7, 11) is 0. The van der Waals surface area contributed by atoms with Gasteiger partial charge in [-0.2, -0.15) is 0 Å². The average molecular weight is 390 g/mol. The van der Waals surface area contributed by atoms with Crippen molar-refractivity contribution in [3.8, 4) is 5.75 Å². The van der Waals surface area contributed by atoms with Gasteiger partial charge in [0.25, 0.3) is 0 Å². The number of carboxylic acid groups (broad SMARTS) is 1. The van der Waals surface area contributed by atoms with Crippen molar-refractivity contribution in [1.82, 2.24) is 0 Å². The number of rotatable bonds is 4. The van der Waals surface area contributed by atoms with Crippen molar-refractivity contribution in [1.29, 1.82) is 0 Å². The fourth-order valence-corrected chi connectivity index (χ4v) is 2.05. The molecule has 0 aliphatic carbocycles. The summed E-state index contributed by atoms with van der Waals surface area (Å²) in [6.45, 7) is -0.178. The van der Waals surface area contributed by atoms with Crippen LogP contribution in [-0.2, 0) is 6.61 Å². The molecule has 0 atom stereocenters. The van der Waals surface area contributed by atoms with E-state index in [9.17, 15) is 13.6 Å². The van der Waals surface area contributed by atoms with E-state index in [4.69, 9.17) is 9.84 Å². The van der Waals surface area contributed by atoms with Gasteiger partial charge in [0.05, 0.1) is 9.13 Å². The summed E-state index contributed by atoms with van der Waals surface area (Å²) in [6, 6.07) is 7.46. The zero-order chi connectivity index (χ0) is 14.7. The van der Waals surface area contributed by atoms with Gasteiger partial charge in [0.1, 0.15) is 24.0 Å². The van der Waals surface area contributed by atoms with Crippen molar-refractivity contribution < 1.29 is 23.4 Å². The van der Waals surface area contributed by atoms with Gasteiger partial charge < -0.3 is 9.84 Å². The minimum Gasteiger partial charge on any atom is -0.488 e. The first-order chi connectivity index (χ1) is 9.47. The van der Waals surface area contributed by atoms with Gasteiger partial charge in [-0.3, -0.25) is 0 Å². The predicted octanol–water partition coefficient (Wildman–Crippen LogP) is 3.85. The van der Waals surface area contributed by atoms with E-state index in [-0.39, 0.29) is 17.7 Å². The molecule has 0 aromatic heterocycles. The second-order valence-electron chi connectivity index (χ2n) is 3.97. The molecule has 0 saturated carbocycles. The highest BCUT2D eigenvalue weighted by molar-refractivity contribution is 14.1. The van der Waals surface area contributed by atoms with Crippen LogP contribution < -0.4 is 4.74 Å². The van der Waals surface area contributed by atoms with Crippen LogP contribution in [0.5, 0.6) is 5.75 Å². The van der Waals surface area contributed by atoms with Crippen molar-refractivity contribution in [2.75, 3.05) is 0 Å². The van der Waals surface area contributed by atoms with Gasteiger partial charge in [0.15, 0.2) is 0 Å². The quantitative estimate of drug-likeness (QED) is 0.808. The van der Waals surface area contributed by atoms with Crippen LogP contribution in [0, 0.1) is 15.2 Å². The van der Waals surface area contributed by atoms with Crippen LogP contribution in [-0.4, -0.2) is 11.1 Å². The molecule has 3 nitrogen and oxygen atoms in total. The Kier molecular flexibility index (Phi) is 4.53. The van der Waals surface area contributed by atoms with E-state index in [1.165, 1.54) is 12.1 Å². The molecule has 0 saturated heterocycles. The van der Waals surface area contributed by atoms with Gasteiger partial charge in [-0.1, -0.05) is 0 Å². The molecule has 1 N–H and O–H groups in total. The van der Waals surface area contributed by atoms with Crippen LogP contribution in [0.25, 0.3) is 0 Å². The molecule has 0 fully saturated rings. The molecule has 6 heteroatoms. The van der Waals surface area contributed by atoms with E-state index in [0.29, 0.717) is 9.32 Å². The number of halogens is 3. The molecule has 0 spiro atoms. The van der Waals surface area contributed by atoms with Gasteiger partial charge in [-0.15, -0.1) is 0 Å². The Labute approximate surface area is 127 Å². The van der Waals surface area contributed by atoms with E-state index in [2.05, 4.69) is 0 Å². The Hall–Kier alpha value is -1.70. The molecule has 0 aliphatic rings. The summed E-state index contributed by atoms with van der Waals surface area (Å²) in [5.41, 5.74) is 0.140. The van der Waals surface area contributed by atoms with Gasteiger partial charge in [0, 0.05) is 5.56 Å². The first kappa shape index (κ1) is 14.7. The van der Waals surface area contributed by atoms with Crippen LogP contribution in [0.3, 0.4) is 0 Å². The summed E-state index contributed by atoms with van der Waals surface area (Å²) in [6.07, 6.45) is 0. The Morgan fingerprint density at radius 1 is 1.20 bits per heavy atom. The molecule has 0 radical (unpaired) electrons. The summed E-state index contributed by atoms with van der Waals surface area (Å²) < 4.78 is 32.5. The van der Waals surface area contributed by atoms with Crippen LogP contribution >= 0.6 is 22.6 Å². The number of aromatic carboxylic acids is 1. The third-order valence-corrected chi connectivity index (χ3v) is 3.46. The van der Waals surface area contributed by atoms with Crippen LogP contribution in [0.4, 0.5) is 8.78 Å². The number of benzene rings is 2. The molecule has 0 aliphatic heterocycles. The average Bonchev–Trinajstić information content (AvgIpc) is 2.41. The summed E-state index contributed by atoms with van der Waals surface area (Å²) in [5, 5.41) is 8.90. The second-order valence-corrected chi connectivity index (χ2v) is 5.14. The maximum atomic E-state index is 13.4. The summed E-state index contributed by atoms with van der Waals surface area (Å²) in [5.74, 6) is -1.90.